The van der Waals surface area contributed by atoms with Gasteiger partial charge < -0.3 is 15.4 Å². The molecule has 4 rings (SSSR count). The monoisotopic (exact) mass is 405 g/mol. The van der Waals surface area contributed by atoms with Crippen LogP contribution < -0.4 is 5.73 Å². The summed E-state index contributed by atoms with van der Waals surface area (Å²) in [5.41, 5.74) is 6.57. The van der Waals surface area contributed by atoms with E-state index in [9.17, 15) is 4.79 Å². The number of likely N-dealkylation sites (tertiary alicyclic amines) is 1. The lowest BCUT2D eigenvalue weighted by Crippen LogP contribution is -2.52. The zero-order chi connectivity index (χ0) is 18.7. The molecule has 2 saturated heterocycles. The molecule has 2 aliphatic heterocycles. The van der Waals surface area contributed by atoms with Crippen LogP contribution in [0.3, 0.4) is 0 Å². The van der Waals surface area contributed by atoms with Crippen molar-refractivity contribution in [3.05, 3.63) is 36.2 Å². The molecule has 28 heavy (non-hydrogen) atoms. The average Bonchev–Trinajstić information content (AvgIpc) is 3.25. The molecule has 0 saturated carbocycles. The number of hydrogen-bond donors (Lipinski definition) is 2. The molecule has 2 aromatic rings. The van der Waals surface area contributed by atoms with E-state index in [0.717, 1.165) is 56.0 Å². The number of piperidine rings is 1. The second-order valence-electron chi connectivity index (χ2n) is 7.57. The summed E-state index contributed by atoms with van der Waals surface area (Å²) in [6.07, 6.45) is 3.24. The Hall–Kier alpha value is -1.96. The number of hydrogen-bond acceptors (Lipinski definition) is 5. The van der Waals surface area contributed by atoms with Crippen LogP contribution in [0.25, 0.3) is 11.4 Å². The van der Waals surface area contributed by atoms with Crippen molar-refractivity contribution in [3.63, 3.8) is 0 Å². The Kier molecular flexibility index (Phi) is 6.69. The molecule has 1 aromatic heterocycles. The third-order valence-corrected chi connectivity index (χ3v) is 6.00. The molecule has 8 heteroatoms. The molecule has 3 heterocycles. The van der Waals surface area contributed by atoms with Gasteiger partial charge in [-0.1, -0.05) is 30.3 Å². The second kappa shape index (κ2) is 9.03. The number of benzene rings is 1. The molecule has 0 aliphatic carbocycles. The van der Waals surface area contributed by atoms with E-state index in [1.807, 2.05) is 35.2 Å². The summed E-state index contributed by atoms with van der Waals surface area (Å²) in [6.45, 7) is 3.14. The number of aromatic nitrogens is 3. The molecule has 2 fully saturated rings. The summed E-state index contributed by atoms with van der Waals surface area (Å²) >= 11 is 0. The Morgan fingerprint density at radius 3 is 2.54 bits per heavy atom. The highest BCUT2D eigenvalue weighted by Crippen LogP contribution is 2.34. The van der Waals surface area contributed by atoms with E-state index in [2.05, 4.69) is 15.2 Å². The molecular weight excluding hydrogens is 378 g/mol. The molecule has 0 bridgehead atoms. The van der Waals surface area contributed by atoms with Crippen LogP contribution in [0.1, 0.15) is 37.4 Å². The minimum Gasteiger partial charge on any atom is -0.381 e. The summed E-state index contributed by atoms with van der Waals surface area (Å²) in [6, 6.07) is 9.97. The van der Waals surface area contributed by atoms with Crippen molar-refractivity contribution in [3.8, 4) is 11.4 Å². The maximum absolute atomic E-state index is 13.1. The highest BCUT2D eigenvalue weighted by atomic mass is 35.5. The number of amides is 1. The van der Waals surface area contributed by atoms with Gasteiger partial charge in [-0.3, -0.25) is 9.89 Å². The zero-order valence-corrected chi connectivity index (χ0v) is 16.8. The van der Waals surface area contributed by atoms with E-state index in [-0.39, 0.29) is 18.3 Å². The molecule has 0 radical (unpaired) electrons. The van der Waals surface area contributed by atoms with E-state index in [4.69, 9.17) is 10.5 Å². The molecule has 152 valence electrons. The van der Waals surface area contributed by atoms with Crippen molar-refractivity contribution < 1.29 is 9.53 Å². The first kappa shape index (κ1) is 20.8. The summed E-state index contributed by atoms with van der Waals surface area (Å²) in [5.74, 6) is 2.16. The van der Waals surface area contributed by atoms with Gasteiger partial charge in [0, 0.05) is 44.3 Å². The van der Waals surface area contributed by atoms with Gasteiger partial charge in [-0.2, -0.15) is 5.10 Å². The van der Waals surface area contributed by atoms with Gasteiger partial charge in [0.25, 0.3) is 0 Å². The van der Waals surface area contributed by atoms with Crippen LogP contribution in [0, 0.1) is 5.41 Å². The van der Waals surface area contributed by atoms with Gasteiger partial charge in [0.05, 0.1) is 5.41 Å². The standard InChI is InChI=1S/C20H27N5O2.ClH/c21-14-20(8-12-27-13-9-20)19(26)25-10-6-16(7-11-25)18-22-17(23-24-18)15-4-2-1-3-5-15;/h1-5,16H,6-14,21H2,(H,22,23,24);1H. The molecule has 1 amide bonds. The first-order chi connectivity index (χ1) is 13.2. The Bertz CT molecular complexity index is 768. The summed E-state index contributed by atoms with van der Waals surface area (Å²) in [5, 5.41) is 7.47. The topological polar surface area (TPSA) is 97.1 Å². The third-order valence-electron chi connectivity index (χ3n) is 6.00. The number of aromatic amines is 1. The number of carbonyl (C=O) groups is 1. The molecule has 1 aromatic carbocycles. The summed E-state index contributed by atoms with van der Waals surface area (Å²) < 4.78 is 5.43. The highest BCUT2D eigenvalue weighted by Gasteiger charge is 2.42. The number of halogens is 1. The molecule has 0 unspecified atom stereocenters. The van der Waals surface area contributed by atoms with Crippen molar-refractivity contribution in [2.24, 2.45) is 11.1 Å². The smallest absolute Gasteiger partial charge is 0.230 e. The molecular formula is C20H28ClN5O2. The van der Waals surface area contributed by atoms with E-state index in [0.29, 0.717) is 25.7 Å². The molecule has 0 spiro atoms. The van der Waals surface area contributed by atoms with Crippen LogP contribution in [0.4, 0.5) is 0 Å². The van der Waals surface area contributed by atoms with Crippen molar-refractivity contribution in [1.29, 1.82) is 0 Å². The van der Waals surface area contributed by atoms with Crippen molar-refractivity contribution in [2.75, 3.05) is 32.8 Å². The Morgan fingerprint density at radius 2 is 1.89 bits per heavy atom. The normalized spacial score (nSPS) is 19.8. The van der Waals surface area contributed by atoms with Gasteiger partial charge in [0.15, 0.2) is 5.82 Å². The predicted octanol–water partition coefficient (Wildman–Crippen LogP) is 2.36. The molecule has 3 N–H and O–H groups in total. The fourth-order valence-electron chi connectivity index (χ4n) is 4.13. The Morgan fingerprint density at radius 1 is 1.21 bits per heavy atom. The van der Waals surface area contributed by atoms with E-state index in [1.54, 1.807) is 0 Å². The van der Waals surface area contributed by atoms with Gasteiger partial charge in [0.1, 0.15) is 5.82 Å². The largest absolute Gasteiger partial charge is 0.381 e. The van der Waals surface area contributed by atoms with Gasteiger partial charge in [-0.05, 0) is 25.7 Å². The average molecular weight is 406 g/mol. The van der Waals surface area contributed by atoms with E-state index < -0.39 is 5.41 Å². The highest BCUT2D eigenvalue weighted by molar-refractivity contribution is 5.85. The lowest BCUT2D eigenvalue weighted by molar-refractivity contribution is -0.148. The lowest BCUT2D eigenvalue weighted by atomic mass is 9.78. The van der Waals surface area contributed by atoms with Crippen LogP contribution >= 0.6 is 12.4 Å². The fourth-order valence-corrected chi connectivity index (χ4v) is 4.13. The molecule has 2 aliphatic rings. The van der Waals surface area contributed by atoms with Crippen LogP contribution in [-0.2, 0) is 9.53 Å². The summed E-state index contributed by atoms with van der Waals surface area (Å²) in [4.78, 5) is 19.8. The first-order valence-electron chi connectivity index (χ1n) is 9.77. The first-order valence-corrected chi connectivity index (χ1v) is 9.77. The van der Waals surface area contributed by atoms with E-state index >= 15 is 0 Å². The van der Waals surface area contributed by atoms with Crippen molar-refractivity contribution in [1.82, 2.24) is 20.1 Å². The van der Waals surface area contributed by atoms with Gasteiger partial charge >= 0.3 is 0 Å². The summed E-state index contributed by atoms with van der Waals surface area (Å²) in [7, 11) is 0. The number of nitrogens with two attached hydrogens (primary N) is 1. The number of carbonyl (C=O) groups excluding carboxylic acids is 1. The van der Waals surface area contributed by atoms with Crippen molar-refractivity contribution in [2.45, 2.75) is 31.6 Å². The third kappa shape index (κ3) is 4.06. The van der Waals surface area contributed by atoms with Crippen LogP contribution in [0.15, 0.2) is 30.3 Å². The number of H-pyrrole nitrogens is 1. The second-order valence-corrected chi connectivity index (χ2v) is 7.57. The van der Waals surface area contributed by atoms with E-state index in [1.165, 1.54) is 0 Å². The van der Waals surface area contributed by atoms with Crippen LogP contribution in [-0.4, -0.2) is 58.8 Å². The zero-order valence-electron chi connectivity index (χ0n) is 16.0. The maximum Gasteiger partial charge on any atom is 0.230 e. The van der Waals surface area contributed by atoms with Gasteiger partial charge in [-0.15, -0.1) is 12.4 Å². The number of nitrogens with zero attached hydrogens (tertiary/aromatic N) is 3. The maximum atomic E-state index is 13.1. The van der Waals surface area contributed by atoms with Crippen LogP contribution in [0.5, 0.6) is 0 Å². The van der Waals surface area contributed by atoms with Gasteiger partial charge in [-0.25, -0.2) is 4.98 Å². The van der Waals surface area contributed by atoms with Gasteiger partial charge in [0.2, 0.25) is 5.91 Å². The lowest BCUT2D eigenvalue weighted by Gasteiger charge is -2.41. The minimum atomic E-state index is -0.433. The molecule has 7 nitrogen and oxygen atoms in total. The fraction of sp³-hybridized carbons (Fsp3) is 0.550. The minimum absolute atomic E-state index is 0. The predicted molar refractivity (Wildman–Crippen MR) is 109 cm³/mol. The van der Waals surface area contributed by atoms with Crippen LogP contribution in [0.2, 0.25) is 0 Å². The van der Waals surface area contributed by atoms with Crippen molar-refractivity contribution >= 4 is 18.3 Å². The quantitative estimate of drug-likeness (QED) is 0.813. The Labute approximate surface area is 171 Å². The SMILES string of the molecule is Cl.NCC1(C(=O)N2CCC(c3nc(-c4ccccc4)n[nH]3)CC2)CCOCC1. The number of ether oxygens (including phenoxy) is 1. The number of nitrogens with one attached hydrogen (secondary N) is 1. The Balaban J connectivity index is 0.00000225. The number of rotatable bonds is 4. The molecule has 0 atom stereocenters.